The average molecular weight is 544 g/mol. The van der Waals surface area contributed by atoms with Crippen LogP contribution in [-0.4, -0.2) is 57.6 Å². The standard InChI is InChI=1S/C25H32F3N3O5S/c1-5-29-24(33)18(2)30(17-19-9-6-12-22(15-19)36-3)23(32)13-8-14-31(37(4,34)35)21-11-7-10-20(16-21)25(26,27)28/h6-7,9-12,15-16,18H,5,8,13-14,17H2,1-4H3,(H,29,33)/t18-/m0/s1. The Hall–Kier alpha value is -3.28. The molecule has 2 aromatic carbocycles. The van der Waals surface area contributed by atoms with Gasteiger partial charge in [0.25, 0.3) is 0 Å². The molecule has 0 fully saturated rings. The maximum Gasteiger partial charge on any atom is 0.416 e. The fourth-order valence-electron chi connectivity index (χ4n) is 3.71. The predicted octanol–water partition coefficient (Wildman–Crippen LogP) is 3.81. The number of anilines is 1. The van der Waals surface area contributed by atoms with Gasteiger partial charge < -0.3 is 15.0 Å². The summed E-state index contributed by atoms with van der Waals surface area (Å²) in [7, 11) is -2.42. The topological polar surface area (TPSA) is 96.0 Å². The number of benzene rings is 2. The van der Waals surface area contributed by atoms with Crippen molar-refractivity contribution in [2.24, 2.45) is 0 Å². The van der Waals surface area contributed by atoms with Crippen LogP contribution in [0.5, 0.6) is 5.75 Å². The number of amides is 2. The van der Waals surface area contributed by atoms with Crippen LogP contribution in [0.15, 0.2) is 48.5 Å². The molecule has 1 atom stereocenters. The molecule has 0 bridgehead atoms. The predicted molar refractivity (Wildman–Crippen MR) is 135 cm³/mol. The smallest absolute Gasteiger partial charge is 0.416 e. The number of methoxy groups -OCH3 is 1. The van der Waals surface area contributed by atoms with Gasteiger partial charge >= 0.3 is 6.18 Å². The van der Waals surface area contributed by atoms with Crippen molar-refractivity contribution >= 4 is 27.5 Å². The molecular formula is C25H32F3N3O5S. The summed E-state index contributed by atoms with van der Waals surface area (Å²) >= 11 is 0. The SMILES string of the molecule is CCNC(=O)[C@H](C)N(Cc1cccc(OC)c1)C(=O)CCCN(c1cccc(C(F)(F)F)c1)S(C)(=O)=O. The highest BCUT2D eigenvalue weighted by Gasteiger charge is 2.32. The number of nitrogens with zero attached hydrogens (tertiary/aromatic N) is 2. The van der Waals surface area contributed by atoms with Crippen LogP contribution in [-0.2, 0) is 32.3 Å². The Bertz CT molecular complexity index is 1190. The van der Waals surface area contributed by atoms with Crippen molar-refractivity contribution < 1.29 is 35.9 Å². The lowest BCUT2D eigenvalue weighted by atomic mass is 10.1. The molecule has 0 aromatic heterocycles. The van der Waals surface area contributed by atoms with Crippen LogP contribution in [0.1, 0.15) is 37.8 Å². The molecule has 0 heterocycles. The molecule has 2 rings (SSSR count). The largest absolute Gasteiger partial charge is 0.497 e. The highest BCUT2D eigenvalue weighted by atomic mass is 32.2. The van der Waals surface area contributed by atoms with Crippen molar-refractivity contribution in [3.05, 3.63) is 59.7 Å². The quantitative estimate of drug-likeness (QED) is 0.439. The van der Waals surface area contributed by atoms with Crippen molar-refractivity contribution in [3.63, 3.8) is 0 Å². The summed E-state index contributed by atoms with van der Waals surface area (Å²) in [6, 6.07) is 10.2. The van der Waals surface area contributed by atoms with Gasteiger partial charge in [0.1, 0.15) is 11.8 Å². The summed E-state index contributed by atoms with van der Waals surface area (Å²) < 4.78 is 70.2. The maximum absolute atomic E-state index is 13.2. The van der Waals surface area contributed by atoms with Crippen LogP contribution in [0.25, 0.3) is 0 Å². The molecule has 0 aliphatic rings. The Labute approximate surface area is 215 Å². The Morgan fingerprint density at radius 2 is 1.78 bits per heavy atom. The van der Waals surface area contributed by atoms with E-state index in [2.05, 4.69) is 5.32 Å². The first-order valence-corrected chi connectivity index (χ1v) is 13.5. The summed E-state index contributed by atoms with van der Waals surface area (Å²) in [5.41, 5.74) is -0.394. The molecule has 0 saturated heterocycles. The van der Waals surface area contributed by atoms with Crippen molar-refractivity contribution in [2.75, 3.05) is 30.8 Å². The Kier molecular flexibility index (Phi) is 10.4. The van der Waals surface area contributed by atoms with Gasteiger partial charge in [0.15, 0.2) is 0 Å². The third-order valence-electron chi connectivity index (χ3n) is 5.62. The first kappa shape index (κ1) is 29.9. The molecule has 0 saturated carbocycles. The molecule has 8 nitrogen and oxygen atoms in total. The minimum atomic E-state index is -4.63. The minimum Gasteiger partial charge on any atom is -0.497 e. The van der Waals surface area contributed by atoms with E-state index in [0.717, 1.165) is 34.3 Å². The van der Waals surface area contributed by atoms with E-state index >= 15 is 0 Å². The zero-order chi connectivity index (χ0) is 27.8. The number of hydrogen-bond donors (Lipinski definition) is 1. The van der Waals surface area contributed by atoms with Crippen molar-refractivity contribution in [2.45, 2.75) is 45.5 Å². The molecule has 0 aliphatic heterocycles. The van der Waals surface area contributed by atoms with Gasteiger partial charge in [-0.15, -0.1) is 0 Å². The fraction of sp³-hybridized carbons (Fsp3) is 0.440. The molecule has 0 radical (unpaired) electrons. The van der Waals surface area contributed by atoms with Gasteiger partial charge in [-0.25, -0.2) is 8.42 Å². The van der Waals surface area contributed by atoms with Gasteiger partial charge in [-0.05, 0) is 56.2 Å². The lowest BCUT2D eigenvalue weighted by molar-refractivity contribution is -0.140. The highest BCUT2D eigenvalue weighted by molar-refractivity contribution is 7.92. The van der Waals surface area contributed by atoms with E-state index < -0.39 is 33.7 Å². The van der Waals surface area contributed by atoms with Crippen LogP contribution in [0.3, 0.4) is 0 Å². The second-order valence-electron chi connectivity index (χ2n) is 8.43. The molecular weight excluding hydrogens is 511 g/mol. The van der Waals surface area contributed by atoms with E-state index in [-0.39, 0.29) is 37.5 Å². The van der Waals surface area contributed by atoms with E-state index in [1.165, 1.54) is 18.1 Å². The van der Waals surface area contributed by atoms with E-state index in [1.807, 2.05) is 0 Å². The summed E-state index contributed by atoms with van der Waals surface area (Å²) in [6.07, 6.45) is -3.84. The van der Waals surface area contributed by atoms with Gasteiger partial charge in [0.05, 0.1) is 24.6 Å². The number of alkyl halides is 3. The molecule has 204 valence electrons. The molecule has 12 heteroatoms. The zero-order valence-electron chi connectivity index (χ0n) is 21.2. The summed E-state index contributed by atoms with van der Waals surface area (Å²) in [4.78, 5) is 27.1. The van der Waals surface area contributed by atoms with Gasteiger partial charge in [-0.1, -0.05) is 18.2 Å². The number of carbonyl (C=O) groups excluding carboxylic acids is 2. The highest BCUT2D eigenvalue weighted by Crippen LogP contribution is 2.32. The first-order valence-electron chi connectivity index (χ1n) is 11.6. The lowest BCUT2D eigenvalue weighted by Crippen LogP contribution is -2.47. The van der Waals surface area contributed by atoms with E-state index in [0.29, 0.717) is 12.3 Å². The molecule has 1 N–H and O–H groups in total. The van der Waals surface area contributed by atoms with Crippen LogP contribution in [0.2, 0.25) is 0 Å². The normalized spacial score (nSPS) is 12.5. The van der Waals surface area contributed by atoms with Gasteiger partial charge in [-0.3, -0.25) is 13.9 Å². The van der Waals surface area contributed by atoms with E-state index in [9.17, 15) is 31.2 Å². The molecule has 2 amide bonds. The molecule has 2 aromatic rings. The number of halogens is 3. The van der Waals surface area contributed by atoms with Crippen molar-refractivity contribution in [1.29, 1.82) is 0 Å². The molecule has 37 heavy (non-hydrogen) atoms. The maximum atomic E-state index is 13.2. The monoisotopic (exact) mass is 543 g/mol. The Balaban J connectivity index is 2.22. The number of likely N-dealkylation sites (N-methyl/N-ethyl adjacent to an activating group) is 1. The summed E-state index contributed by atoms with van der Waals surface area (Å²) in [6.45, 7) is 3.62. The summed E-state index contributed by atoms with van der Waals surface area (Å²) in [5.74, 6) is -0.167. The van der Waals surface area contributed by atoms with Crippen molar-refractivity contribution in [3.8, 4) is 5.75 Å². The minimum absolute atomic E-state index is 0.0267. The fourth-order valence-corrected chi connectivity index (χ4v) is 4.67. The number of carbonyl (C=O) groups is 2. The van der Waals surface area contributed by atoms with Crippen molar-refractivity contribution in [1.82, 2.24) is 10.2 Å². The van der Waals surface area contributed by atoms with Crippen LogP contribution >= 0.6 is 0 Å². The van der Waals surface area contributed by atoms with Gasteiger partial charge in [-0.2, -0.15) is 13.2 Å². The number of nitrogens with one attached hydrogen (secondary N) is 1. The Morgan fingerprint density at radius 1 is 1.11 bits per heavy atom. The third-order valence-corrected chi connectivity index (χ3v) is 6.81. The second kappa shape index (κ2) is 12.8. The number of hydrogen-bond acceptors (Lipinski definition) is 5. The molecule has 0 spiro atoms. The van der Waals surface area contributed by atoms with E-state index in [1.54, 1.807) is 38.1 Å². The number of sulfonamides is 1. The Morgan fingerprint density at radius 3 is 2.38 bits per heavy atom. The number of ether oxygens (including phenoxy) is 1. The van der Waals surface area contributed by atoms with Crippen LogP contribution < -0.4 is 14.4 Å². The second-order valence-corrected chi connectivity index (χ2v) is 10.3. The lowest BCUT2D eigenvalue weighted by Gasteiger charge is -2.29. The first-order chi connectivity index (χ1) is 17.3. The van der Waals surface area contributed by atoms with E-state index in [4.69, 9.17) is 4.74 Å². The summed E-state index contributed by atoms with van der Waals surface area (Å²) in [5, 5.41) is 2.69. The average Bonchev–Trinajstić information content (AvgIpc) is 2.83. The zero-order valence-corrected chi connectivity index (χ0v) is 22.0. The van der Waals surface area contributed by atoms with Gasteiger partial charge in [0.2, 0.25) is 21.8 Å². The number of rotatable bonds is 12. The van der Waals surface area contributed by atoms with Crippen LogP contribution in [0, 0.1) is 0 Å². The molecule has 0 aliphatic carbocycles. The van der Waals surface area contributed by atoms with Gasteiger partial charge in [0, 0.05) is 26.1 Å². The molecule has 0 unspecified atom stereocenters. The van der Waals surface area contributed by atoms with Crippen LogP contribution in [0.4, 0.5) is 18.9 Å². The third kappa shape index (κ3) is 8.66.